The molecular formula is C14H22N2O2Si. The zero-order chi connectivity index (χ0) is 14.3. The summed E-state index contributed by atoms with van der Waals surface area (Å²) in [6.45, 7) is 10.9. The van der Waals surface area contributed by atoms with Crippen LogP contribution in [0.4, 0.5) is 0 Å². The molecule has 2 heterocycles. The third-order valence-electron chi connectivity index (χ3n) is 4.15. The van der Waals surface area contributed by atoms with E-state index >= 15 is 0 Å². The fraction of sp³-hybridized carbons (Fsp3) is 0.571. The summed E-state index contributed by atoms with van der Waals surface area (Å²) < 4.78 is 6.22. The summed E-state index contributed by atoms with van der Waals surface area (Å²) in [5.41, 5.74) is 1.05. The Morgan fingerprint density at radius 3 is 2.32 bits per heavy atom. The van der Waals surface area contributed by atoms with Gasteiger partial charge in [0.05, 0.1) is 6.04 Å². The Bertz CT molecular complexity index is 468. The van der Waals surface area contributed by atoms with Crippen LogP contribution in [0.5, 0.6) is 0 Å². The van der Waals surface area contributed by atoms with Gasteiger partial charge in [-0.3, -0.25) is 9.78 Å². The van der Waals surface area contributed by atoms with Gasteiger partial charge in [0, 0.05) is 12.4 Å². The van der Waals surface area contributed by atoms with Gasteiger partial charge in [-0.05, 0) is 35.8 Å². The summed E-state index contributed by atoms with van der Waals surface area (Å²) >= 11 is 0. The van der Waals surface area contributed by atoms with Crippen molar-refractivity contribution in [2.75, 3.05) is 0 Å². The van der Waals surface area contributed by atoms with Crippen molar-refractivity contribution in [2.24, 2.45) is 0 Å². The minimum absolute atomic E-state index is 0.00774. The van der Waals surface area contributed by atoms with Crippen LogP contribution in [0, 0.1) is 0 Å². The number of pyridine rings is 1. The Labute approximate surface area is 115 Å². The first-order valence-corrected chi connectivity index (χ1v) is 9.51. The molecule has 0 spiro atoms. The largest absolute Gasteiger partial charge is 0.403 e. The molecule has 1 aromatic heterocycles. The van der Waals surface area contributed by atoms with Gasteiger partial charge < -0.3 is 9.74 Å². The molecule has 2 rings (SSSR count). The molecule has 0 bridgehead atoms. The molecule has 0 aliphatic carbocycles. The number of aromatic nitrogens is 1. The van der Waals surface area contributed by atoms with Crippen molar-refractivity contribution >= 4 is 14.2 Å². The van der Waals surface area contributed by atoms with Crippen molar-refractivity contribution in [1.82, 2.24) is 10.3 Å². The number of hydrogen-bond acceptors (Lipinski definition) is 3. The molecule has 0 radical (unpaired) electrons. The normalized spacial score (nSPS) is 23.7. The Kier molecular flexibility index (Phi) is 3.53. The highest BCUT2D eigenvalue weighted by atomic mass is 28.4. The molecule has 1 amide bonds. The topological polar surface area (TPSA) is 51.2 Å². The maximum atomic E-state index is 11.8. The minimum Gasteiger partial charge on any atom is -0.403 e. The fourth-order valence-electron chi connectivity index (χ4n) is 1.81. The summed E-state index contributed by atoms with van der Waals surface area (Å²) in [6.07, 6.45) is 3.12. The van der Waals surface area contributed by atoms with E-state index in [2.05, 4.69) is 44.2 Å². The number of nitrogens with one attached hydrogen (secondary N) is 1. The number of β-lactam (4-membered cyclic amide) rings is 1. The van der Waals surface area contributed by atoms with Gasteiger partial charge in [-0.25, -0.2) is 0 Å². The van der Waals surface area contributed by atoms with E-state index in [1.807, 2.05) is 12.1 Å². The SMILES string of the molecule is CC(C)(C)[Si](C)(C)O[C@H]1C(=O)N[C@H]1c1ccncc1. The highest BCUT2D eigenvalue weighted by Gasteiger charge is 2.48. The van der Waals surface area contributed by atoms with Crippen molar-refractivity contribution < 1.29 is 9.22 Å². The minimum atomic E-state index is -1.93. The third kappa shape index (κ3) is 2.72. The predicted molar refractivity (Wildman–Crippen MR) is 77.2 cm³/mol. The van der Waals surface area contributed by atoms with E-state index in [1.54, 1.807) is 12.4 Å². The standard InChI is InChI=1S/C14H22N2O2Si/c1-14(2,3)19(4,5)18-12-11(16-13(12)17)10-6-8-15-9-7-10/h6-9,11-12H,1-5H3,(H,16,17)/t11-,12+/m0/s1. The smallest absolute Gasteiger partial charge is 0.251 e. The van der Waals surface area contributed by atoms with E-state index in [1.165, 1.54) is 0 Å². The second-order valence-electron chi connectivity index (χ2n) is 6.57. The average molecular weight is 278 g/mol. The second-order valence-corrected chi connectivity index (χ2v) is 11.3. The van der Waals surface area contributed by atoms with Gasteiger partial charge in [-0.15, -0.1) is 0 Å². The van der Waals surface area contributed by atoms with Crippen LogP contribution in [-0.2, 0) is 9.22 Å². The lowest BCUT2D eigenvalue weighted by molar-refractivity contribution is -0.141. The van der Waals surface area contributed by atoms with Crippen LogP contribution >= 0.6 is 0 Å². The van der Waals surface area contributed by atoms with E-state index in [-0.39, 0.29) is 23.1 Å². The number of rotatable bonds is 3. The van der Waals surface area contributed by atoms with Gasteiger partial charge in [0.1, 0.15) is 6.10 Å². The van der Waals surface area contributed by atoms with Gasteiger partial charge in [0.2, 0.25) is 0 Å². The lowest BCUT2D eigenvalue weighted by atomic mass is 9.95. The molecule has 104 valence electrons. The Hall–Kier alpha value is -1.20. The lowest BCUT2D eigenvalue weighted by Crippen LogP contribution is -2.61. The van der Waals surface area contributed by atoms with Crippen molar-refractivity contribution in [1.29, 1.82) is 0 Å². The predicted octanol–water partition coefficient (Wildman–Crippen LogP) is 2.64. The monoisotopic (exact) mass is 278 g/mol. The molecule has 0 saturated carbocycles. The molecule has 19 heavy (non-hydrogen) atoms. The lowest BCUT2D eigenvalue weighted by Gasteiger charge is -2.45. The zero-order valence-corrected chi connectivity index (χ0v) is 13.2. The van der Waals surface area contributed by atoms with Crippen LogP contribution in [0.2, 0.25) is 18.1 Å². The molecule has 1 aromatic rings. The van der Waals surface area contributed by atoms with Gasteiger partial charge in [-0.2, -0.15) is 0 Å². The highest BCUT2D eigenvalue weighted by molar-refractivity contribution is 6.74. The van der Waals surface area contributed by atoms with E-state index < -0.39 is 8.32 Å². The zero-order valence-electron chi connectivity index (χ0n) is 12.2. The molecular weight excluding hydrogens is 256 g/mol. The summed E-state index contributed by atoms with van der Waals surface area (Å²) in [6, 6.07) is 3.81. The second kappa shape index (κ2) is 4.72. The number of carbonyl (C=O) groups is 1. The van der Waals surface area contributed by atoms with E-state index in [0.717, 1.165) is 5.56 Å². The van der Waals surface area contributed by atoms with Gasteiger partial charge in [0.25, 0.3) is 5.91 Å². The highest BCUT2D eigenvalue weighted by Crippen LogP contribution is 2.40. The molecule has 1 N–H and O–H groups in total. The Morgan fingerprint density at radius 2 is 1.84 bits per heavy atom. The molecule has 2 atom stereocenters. The van der Waals surface area contributed by atoms with Crippen LogP contribution < -0.4 is 5.32 Å². The van der Waals surface area contributed by atoms with Crippen LogP contribution in [0.15, 0.2) is 24.5 Å². The van der Waals surface area contributed by atoms with Crippen molar-refractivity contribution in [2.45, 2.75) is 51.0 Å². The van der Waals surface area contributed by atoms with Crippen LogP contribution in [0.3, 0.4) is 0 Å². The summed E-state index contributed by atoms with van der Waals surface area (Å²) in [7, 11) is -1.93. The fourth-order valence-corrected chi connectivity index (χ4v) is 3.04. The van der Waals surface area contributed by atoms with E-state index in [0.29, 0.717) is 0 Å². The quantitative estimate of drug-likeness (QED) is 0.683. The van der Waals surface area contributed by atoms with E-state index in [4.69, 9.17) is 4.43 Å². The number of nitrogens with zero attached hydrogens (tertiary/aromatic N) is 1. The van der Waals surface area contributed by atoms with Crippen LogP contribution in [0.1, 0.15) is 32.4 Å². The number of carbonyl (C=O) groups excluding carboxylic acids is 1. The molecule has 1 saturated heterocycles. The molecule has 0 unspecified atom stereocenters. The Balaban J connectivity index is 2.14. The summed E-state index contributed by atoms with van der Waals surface area (Å²) in [5, 5.41) is 3.02. The summed E-state index contributed by atoms with van der Waals surface area (Å²) in [4.78, 5) is 15.8. The van der Waals surface area contributed by atoms with Gasteiger partial charge in [-0.1, -0.05) is 20.8 Å². The Morgan fingerprint density at radius 1 is 1.26 bits per heavy atom. The molecule has 0 aromatic carbocycles. The maximum absolute atomic E-state index is 11.8. The van der Waals surface area contributed by atoms with Crippen LogP contribution in [-0.4, -0.2) is 25.3 Å². The third-order valence-corrected chi connectivity index (χ3v) is 8.61. The first kappa shape index (κ1) is 14.2. The van der Waals surface area contributed by atoms with Crippen molar-refractivity contribution in [3.63, 3.8) is 0 Å². The maximum Gasteiger partial charge on any atom is 0.251 e. The average Bonchev–Trinajstić information content (AvgIpc) is 2.33. The van der Waals surface area contributed by atoms with Gasteiger partial charge in [0.15, 0.2) is 8.32 Å². The van der Waals surface area contributed by atoms with Gasteiger partial charge >= 0.3 is 0 Å². The number of hydrogen-bond donors (Lipinski definition) is 1. The number of amides is 1. The molecule has 5 heteroatoms. The van der Waals surface area contributed by atoms with Crippen molar-refractivity contribution in [3.05, 3.63) is 30.1 Å². The van der Waals surface area contributed by atoms with Crippen molar-refractivity contribution in [3.8, 4) is 0 Å². The molecule has 4 nitrogen and oxygen atoms in total. The molecule has 1 fully saturated rings. The van der Waals surface area contributed by atoms with E-state index in [9.17, 15) is 4.79 Å². The van der Waals surface area contributed by atoms with Crippen LogP contribution in [0.25, 0.3) is 0 Å². The summed E-state index contributed by atoms with van der Waals surface area (Å²) in [5.74, 6) is -0.00774. The molecule has 1 aliphatic rings. The molecule has 1 aliphatic heterocycles. The first-order chi connectivity index (χ1) is 8.72. The first-order valence-electron chi connectivity index (χ1n) is 6.60.